The van der Waals surface area contributed by atoms with Crippen LogP contribution in [-0.4, -0.2) is 18.4 Å². The molecule has 0 heterocycles. The van der Waals surface area contributed by atoms with E-state index in [-0.39, 0.29) is 0 Å². The van der Waals surface area contributed by atoms with Crippen LogP contribution in [0.25, 0.3) is 0 Å². The average molecular weight is 452 g/mol. The van der Waals surface area contributed by atoms with Crippen molar-refractivity contribution in [2.75, 3.05) is 7.05 Å². The molecule has 0 fully saturated rings. The molecule has 3 rings (SSSR count). The summed E-state index contributed by atoms with van der Waals surface area (Å²) in [7, 11) is 12.0. The predicted octanol–water partition coefficient (Wildman–Crippen LogP) is 5.04. The van der Waals surface area contributed by atoms with Crippen molar-refractivity contribution in [3.05, 3.63) is 89.5 Å². The van der Waals surface area contributed by atoms with E-state index in [0.717, 1.165) is 22.9 Å². The number of phenols is 1. The molecule has 138 valence electrons. The maximum atomic E-state index is 10.7. The van der Waals surface area contributed by atoms with Gasteiger partial charge < -0.3 is 5.11 Å². The number of para-hydroxylation sites is 1. The molecule has 27 heavy (non-hydrogen) atoms. The molecule has 0 radical (unpaired) electrons. The standard InChI is InChI=1S/C21H20NOP.2ClH.Ti/c1-22-15-18-10-5-6-12-19(18)24-20-13-7-11-17(21(20)23)14-16-8-3-2-4-9-16;;;/h2-13,15,23-24H,14H2,1H3;2*1H;/q;;;+2/p-2. The molecule has 0 aromatic heterocycles. The molecular weight excluding hydrogens is 432 g/mol. The van der Waals surface area contributed by atoms with Gasteiger partial charge in [-0.25, -0.2) is 0 Å². The van der Waals surface area contributed by atoms with Crippen molar-refractivity contribution >= 4 is 44.0 Å². The summed E-state index contributed by atoms with van der Waals surface area (Å²) < 4.78 is 0. The van der Waals surface area contributed by atoms with Gasteiger partial charge >= 0.3 is 35.6 Å². The van der Waals surface area contributed by atoms with Gasteiger partial charge in [0.15, 0.2) is 0 Å². The van der Waals surface area contributed by atoms with E-state index in [1.165, 1.54) is 10.9 Å². The van der Waals surface area contributed by atoms with Crippen LogP contribution >= 0.6 is 27.2 Å². The van der Waals surface area contributed by atoms with Gasteiger partial charge in [-0.05, 0) is 22.0 Å². The Hall–Kier alpha value is -1.15. The van der Waals surface area contributed by atoms with Gasteiger partial charge in [-0.2, -0.15) is 0 Å². The number of benzene rings is 3. The first-order valence-corrected chi connectivity index (χ1v) is 13.6. The summed E-state index contributed by atoms with van der Waals surface area (Å²) in [4.78, 5) is 4.12. The van der Waals surface area contributed by atoms with Crippen LogP contribution in [0, 0.1) is 0 Å². The summed E-state index contributed by atoms with van der Waals surface area (Å²) in [5.74, 6) is 0.405. The first kappa shape index (κ1) is 22.1. The summed E-state index contributed by atoms with van der Waals surface area (Å²) in [6.45, 7) is 0. The third-order valence-corrected chi connectivity index (χ3v) is 5.25. The van der Waals surface area contributed by atoms with Crippen LogP contribution in [0.15, 0.2) is 77.8 Å². The summed E-state index contributed by atoms with van der Waals surface area (Å²) in [5, 5.41) is 12.9. The van der Waals surface area contributed by atoms with Gasteiger partial charge in [0.1, 0.15) is 5.75 Å². The summed E-state index contributed by atoms with van der Waals surface area (Å²) in [6.07, 6.45) is 2.61. The Morgan fingerprint density at radius 2 is 1.56 bits per heavy atom. The quantitative estimate of drug-likeness (QED) is 0.329. The molecule has 2 nitrogen and oxygen atoms in total. The zero-order valence-electron chi connectivity index (χ0n) is 14.9. The van der Waals surface area contributed by atoms with Gasteiger partial charge in [0.2, 0.25) is 0 Å². The summed E-state index contributed by atoms with van der Waals surface area (Å²) in [6, 6.07) is 24.4. The van der Waals surface area contributed by atoms with Crippen LogP contribution in [0.3, 0.4) is 0 Å². The number of phenolic OH excluding ortho intramolecular Hbond substituents is 1. The fraction of sp³-hybridized carbons (Fsp3) is 0.0952. The molecule has 1 N–H and O–H groups in total. The van der Waals surface area contributed by atoms with Gasteiger partial charge in [0.05, 0.1) is 0 Å². The van der Waals surface area contributed by atoms with Crippen molar-refractivity contribution in [3.8, 4) is 5.75 Å². The number of halogens is 2. The second-order valence-corrected chi connectivity index (χ2v) is 9.55. The molecule has 1 unspecified atom stereocenters. The fourth-order valence-corrected chi connectivity index (χ4v) is 3.88. The molecule has 1 atom stereocenters. The second-order valence-electron chi connectivity index (χ2n) is 5.65. The first-order chi connectivity index (χ1) is 13.2. The van der Waals surface area contributed by atoms with Gasteiger partial charge in [-0.1, -0.05) is 81.4 Å². The van der Waals surface area contributed by atoms with Crippen LogP contribution in [-0.2, 0) is 23.5 Å². The zero-order chi connectivity index (χ0) is 19.5. The molecule has 0 aliphatic rings. The number of hydrogen-bond donors (Lipinski definition) is 1. The molecule has 0 spiro atoms. The Balaban J connectivity index is 0.000000817. The number of hydrogen-bond acceptors (Lipinski definition) is 2. The normalized spacial score (nSPS) is 10.8. The number of nitrogens with zero attached hydrogens (tertiary/aromatic N) is 1. The monoisotopic (exact) mass is 451 g/mol. The van der Waals surface area contributed by atoms with E-state index in [4.69, 9.17) is 18.6 Å². The van der Waals surface area contributed by atoms with Gasteiger partial charge in [0, 0.05) is 25.0 Å². The number of aliphatic imine (C=N–C) groups is 1. The molecule has 6 heteroatoms. The second kappa shape index (κ2) is 12.3. The van der Waals surface area contributed by atoms with Crippen molar-refractivity contribution in [1.82, 2.24) is 0 Å². The van der Waals surface area contributed by atoms with E-state index < -0.39 is 17.0 Å². The van der Waals surface area contributed by atoms with Crippen molar-refractivity contribution in [3.63, 3.8) is 0 Å². The Bertz CT molecular complexity index is 875. The van der Waals surface area contributed by atoms with E-state index in [1.54, 1.807) is 7.05 Å². The van der Waals surface area contributed by atoms with Crippen molar-refractivity contribution in [2.24, 2.45) is 4.99 Å². The molecule has 3 aromatic carbocycles. The fourth-order valence-electron chi connectivity index (χ4n) is 2.66. The van der Waals surface area contributed by atoms with Crippen LogP contribution in [0.4, 0.5) is 0 Å². The summed E-state index contributed by atoms with van der Waals surface area (Å²) >= 11 is -0.556. The van der Waals surface area contributed by atoms with E-state index in [9.17, 15) is 5.11 Å². The molecule has 0 amide bonds. The Kier molecular flexibility index (Phi) is 10.1. The van der Waals surface area contributed by atoms with E-state index >= 15 is 0 Å². The zero-order valence-corrected chi connectivity index (χ0v) is 18.9. The molecule has 0 aliphatic heterocycles. The molecule has 0 bridgehead atoms. The van der Waals surface area contributed by atoms with Gasteiger partial charge in [-0.15, -0.1) is 0 Å². The maximum absolute atomic E-state index is 10.7. The van der Waals surface area contributed by atoms with Crippen LogP contribution in [0.5, 0.6) is 5.75 Å². The van der Waals surface area contributed by atoms with Gasteiger partial charge in [-0.3, -0.25) is 4.99 Å². The van der Waals surface area contributed by atoms with Gasteiger partial charge in [0.25, 0.3) is 0 Å². The van der Waals surface area contributed by atoms with Crippen molar-refractivity contribution in [2.45, 2.75) is 6.42 Å². The van der Waals surface area contributed by atoms with Crippen LogP contribution in [0.1, 0.15) is 16.7 Å². The first-order valence-electron chi connectivity index (χ1n) is 8.28. The molecule has 0 saturated heterocycles. The Labute approximate surface area is 179 Å². The minimum absolute atomic E-state index is 0.400. The topological polar surface area (TPSA) is 32.6 Å². The molecule has 0 saturated carbocycles. The number of aromatic hydroxyl groups is 1. The van der Waals surface area contributed by atoms with Crippen molar-refractivity contribution in [1.29, 1.82) is 0 Å². The Morgan fingerprint density at radius 3 is 2.26 bits per heavy atom. The molecular formula is C21H20Cl2NOPTi. The average Bonchev–Trinajstić information content (AvgIpc) is 2.68. The van der Waals surface area contributed by atoms with Crippen LogP contribution < -0.4 is 10.6 Å². The third kappa shape index (κ3) is 7.07. The van der Waals surface area contributed by atoms with E-state index in [0.29, 0.717) is 14.3 Å². The number of rotatable bonds is 5. The van der Waals surface area contributed by atoms with E-state index in [1.807, 2.05) is 54.7 Å². The van der Waals surface area contributed by atoms with Crippen molar-refractivity contribution < 1.29 is 22.1 Å². The molecule has 0 aliphatic carbocycles. The minimum atomic E-state index is -0.556. The predicted molar refractivity (Wildman–Crippen MR) is 117 cm³/mol. The Morgan fingerprint density at radius 1 is 0.926 bits per heavy atom. The molecule has 3 aromatic rings. The third-order valence-electron chi connectivity index (χ3n) is 3.86. The SMILES string of the molecule is CN=Cc1ccccc1Pc1cccc(Cc2ccccc2)c1O.[Cl][Ti][Cl]. The van der Waals surface area contributed by atoms with Crippen LogP contribution in [0.2, 0.25) is 0 Å². The van der Waals surface area contributed by atoms with E-state index in [2.05, 4.69) is 29.3 Å². The summed E-state index contributed by atoms with van der Waals surface area (Å²) in [5.41, 5.74) is 3.27.